The Morgan fingerprint density at radius 3 is 2.88 bits per heavy atom. The molecular formula is C14H17BrFN. The van der Waals surface area contributed by atoms with Crippen LogP contribution in [0.15, 0.2) is 34.3 Å². The van der Waals surface area contributed by atoms with Crippen LogP contribution in [-0.4, -0.2) is 0 Å². The summed E-state index contributed by atoms with van der Waals surface area (Å²) in [6, 6.07) is 4.52. The van der Waals surface area contributed by atoms with Crippen molar-refractivity contribution in [3.8, 4) is 0 Å². The number of nitrogens with two attached hydrogens (primary N) is 1. The Bertz CT molecular complexity index is 428. The van der Waals surface area contributed by atoms with Gasteiger partial charge in [0.1, 0.15) is 5.82 Å². The highest BCUT2D eigenvalue weighted by molar-refractivity contribution is 9.10. The summed E-state index contributed by atoms with van der Waals surface area (Å²) in [6.45, 7) is 0. The Hall–Kier alpha value is -0.670. The molecule has 1 aliphatic carbocycles. The number of hydrogen-bond acceptors (Lipinski definition) is 1. The standard InChI is InChI=1S/C14H17BrFN/c15-13-8-7-11(16)9-12(13)14(17)10-5-3-1-2-4-6-10/h5,7-9,14H,1-4,6,17H2. The van der Waals surface area contributed by atoms with Gasteiger partial charge in [0.15, 0.2) is 0 Å². The summed E-state index contributed by atoms with van der Waals surface area (Å²) in [5.41, 5.74) is 8.33. The summed E-state index contributed by atoms with van der Waals surface area (Å²) in [5.74, 6) is -0.229. The highest BCUT2D eigenvalue weighted by Gasteiger charge is 2.16. The predicted octanol–water partition coefficient (Wildman–Crippen LogP) is 4.48. The molecule has 1 nitrogen and oxygen atoms in total. The molecule has 1 aliphatic rings. The van der Waals surface area contributed by atoms with Gasteiger partial charge in [-0.05, 0) is 49.4 Å². The second-order valence-corrected chi connectivity index (χ2v) is 5.38. The molecule has 1 aromatic carbocycles. The molecule has 2 N–H and O–H groups in total. The van der Waals surface area contributed by atoms with Crippen LogP contribution < -0.4 is 5.73 Å². The SMILES string of the molecule is NC(C1=CCCCCC1)c1cc(F)ccc1Br. The van der Waals surface area contributed by atoms with Crippen LogP contribution in [0.5, 0.6) is 0 Å². The van der Waals surface area contributed by atoms with Crippen LogP contribution in [-0.2, 0) is 0 Å². The van der Waals surface area contributed by atoms with Crippen LogP contribution in [0.25, 0.3) is 0 Å². The summed E-state index contributed by atoms with van der Waals surface area (Å²) in [4.78, 5) is 0. The quantitative estimate of drug-likeness (QED) is 0.800. The Morgan fingerprint density at radius 2 is 2.06 bits per heavy atom. The fourth-order valence-corrected chi connectivity index (χ4v) is 2.77. The van der Waals surface area contributed by atoms with Crippen molar-refractivity contribution < 1.29 is 4.39 Å². The summed E-state index contributed by atoms with van der Waals surface area (Å²) in [6.07, 6.45) is 8.04. The first-order valence-corrected chi connectivity index (χ1v) is 6.87. The molecule has 3 heteroatoms. The third kappa shape index (κ3) is 3.17. The fraction of sp³-hybridized carbons (Fsp3) is 0.429. The van der Waals surface area contributed by atoms with Crippen molar-refractivity contribution >= 4 is 15.9 Å². The van der Waals surface area contributed by atoms with Crippen LogP contribution in [0.3, 0.4) is 0 Å². The molecule has 1 aromatic rings. The molecule has 2 rings (SSSR count). The van der Waals surface area contributed by atoms with E-state index < -0.39 is 0 Å². The zero-order chi connectivity index (χ0) is 12.3. The van der Waals surface area contributed by atoms with Gasteiger partial charge in [0.05, 0.1) is 6.04 Å². The zero-order valence-corrected chi connectivity index (χ0v) is 11.3. The van der Waals surface area contributed by atoms with Crippen molar-refractivity contribution in [1.29, 1.82) is 0 Å². The number of allylic oxidation sites excluding steroid dienone is 1. The van der Waals surface area contributed by atoms with Crippen LogP contribution in [0.2, 0.25) is 0 Å². The average Bonchev–Trinajstić information content (AvgIpc) is 2.60. The summed E-state index contributed by atoms with van der Waals surface area (Å²) < 4.78 is 14.1. The predicted molar refractivity (Wildman–Crippen MR) is 72.2 cm³/mol. The van der Waals surface area contributed by atoms with Gasteiger partial charge in [-0.2, -0.15) is 0 Å². The highest BCUT2D eigenvalue weighted by Crippen LogP contribution is 2.31. The minimum Gasteiger partial charge on any atom is -0.321 e. The van der Waals surface area contributed by atoms with Crippen molar-refractivity contribution in [3.05, 3.63) is 45.7 Å². The van der Waals surface area contributed by atoms with E-state index in [1.165, 1.54) is 37.0 Å². The van der Waals surface area contributed by atoms with Crippen LogP contribution in [0.4, 0.5) is 4.39 Å². The lowest BCUT2D eigenvalue weighted by molar-refractivity contribution is 0.621. The third-order valence-corrected chi connectivity index (χ3v) is 3.99. The lowest BCUT2D eigenvalue weighted by Gasteiger charge is -2.17. The minimum atomic E-state index is -0.229. The van der Waals surface area contributed by atoms with Gasteiger partial charge in [0.2, 0.25) is 0 Å². The molecule has 0 aliphatic heterocycles. The lowest BCUT2D eigenvalue weighted by atomic mass is 9.96. The van der Waals surface area contributed by atoms with Crippen molar-refractivity contribution in [2.45, 2.75) is 38.1 Å². The van der Waals surface area contributed by atoms with Crippen LogP contribution >= 0.6 is 15.9 Å². The molecule has 0 aromatic heterocycles. The average molecular weight is 298 g/mol. The zero-order valence-electron chi connectivity index (χ0n) is 9.76. The Kier molecular flexibility index (Phi) is 4.35. The van der Waals surface area contributed by atoms with Gasteiger partial charge in [-0.3, -0.25) is 0 Å². The first-order chi connectivity index (χ1) is 8.18. The molecule has 0 saturated carbocycles. The number of benzene rings is 1. The van der Waals surface area contributed by atoms with Crippen LogP contribution in [0.1, 0.15) is 43.7 Å². The van der Waals surface area contributed by atoms with Gasteiger partial charge in [-0.1, -0.05) is 34.0 Å². The first-order valence-electron chi connectivity index (χ1n) is 6.08. The second kappa shape index (κ2) is 5.78. The molecule has 0 fully saturated rings. The van der Waals surface area contributed by atoms with Gasteiger partial charge >= 0.3 is 0 Å². The summed E-state index contributed by atoms with van der Waals surface area (Å²) in [7, 11) is 0. The Labute approximate surface area is 110 Å². The van der Waals surface area contributed by atoms with E-state index in [0.29, 0.717) is 0 Å². The van der Waals surface area contributed by atoms with Crippen molar-refractivity contribution in [3.63, 3.8) is 0 Å². The smallest absolute Gasteiger partial charge is 0.123 e. The molecular weight excluding hydrogens is 281 g/mol. The molecule has 92 valence electrons. The Morgan fingerprint density at radius 1 is 1.24 bits per heavy atom. The molecule has 1 atom stereocenters. The minimum absolute atomic E-state index is 0.182. The highest BCUT2D eigenvalue weighted by atomic mass is 79.9. The molecule has 1 unspecified atom stereocenters. The number of halogens is 2. The maximum absolute atomic E-state index is 13.3. The van der Waals surface area contributed by atoms with E-state index in [9.17, 15) is 4.39 Å². The van der Waals surface area contributed by atoms with E-state index in [-0.39, 0.29) is 11.9 Å². The van der Waals surface area contributed by atoms with Crippen LogP contribution in [0, 0.1) is 5.82 Å². The molecule has 0 spiro atoms. The molecule has 17 heavy (non-hydrogen) atoms. The second-order valence-electron chi connectivity index (χ2n) is 4.52. The molecule has 0 saturated heterocycles. The molecule has 0 amide bonds. The van der Waals surface area contributed by atoms with Gasteiger partial charge in [-0.15, -0.1) is 0 Å². The van der Waals surface area contributed by atoms with Crippen molar-refractivity contribution in [1.82, 2.24) is 0 Å². The monoisotopic (exact) mass is 297 g/mol. The lowest BCUT2D eigenvalue weighted by Crippen LogP contribution is -2.14. The van der Waals surface area contributed by atoms with Crippen molar-refractivity contribution in [2.24, 2.45) is 5.73 Å². The van der Waals surface area contributed by atoms with E-state index in [1.54, 1.807) is 6.07 Å². The fourth-order valence-electron chi connectivity index (χ4n) is 2.27. The molecule has 0 radical (unpaired) electrons. The third-order valence-electron chi connectivity index (χ3n) is 3.27. The van der Waals surface area contributed by atoms with E-state index in [0.717, 1.165) is 22.9 Å². The summed E-state index contributed by atoms with van der Waals surface area (Å²) >= 11 is 3.44. The van der Waals surface area contributed by atoms with E-state index in [2.05, 4.69) is 22.0 Å². The van der Waals surface area contributed by atoms with Crippen molar-refractivity contribution in [2.75, 3.05) is 0 Å². The van der Waals surface area contributed by atoms with Gasteiger partial charge in [0.25, 0.3) is 0 Å². The maximum atomic E-state index is 13.3. The van der Waals surface area contributed by atoms with E-state index in [4.69, 9.17) is 5.73 Å². The largest absolute Gasteiger partial charge is 0.321 e. The van der Waals surface area contributed by atoms with Gasteiger partial charge < -0.3 is 5.73 Å². The number of rotatable bonds is 2. The van der Waals surface area contributed by atoms with Gasteiger partial charge in [0, 0.05) is 4.47 Å². The number of hydrogen-bond donors (Lipinski definition) is 1. The summed E-state index contributed by atoms with van der Waals surface area (Å²) in [5, 5.41) is 0. The topological polar surface area (TPSA) is 26.0 Å². The molecule has 0 heterocycles. The van der Waals surface area contributed by atoms with Gasteiger partial charge in [-0.25, -0.2) is 4.39 Å². The van der Waals surface area contributed by atoms with E-state index in [1.807, 2.05) is 0 Å². The first kappa shape index (κ1) is 12.8. The maximum Gasteiger partial charge on any atom is 0.123 e. The molecule has 0 bridgehead atoms. The Balaban J connectivity index is 2.26. The van der Waals surface area contributed by atoms with E-state index >= 15 is 0 Å². The normalized spacial score (nSPS) is 18.4.